The zero-order chi connectivity index (χ0) is 21.9. The van der Waals surface area contributed by atoms with Gasteiger partial charge < -0.3 is 4.74 Å². The molecule has 0 amide bonds. The van der Waals surface area contributed by atoms with Gasteiger partial charge in [0.25, 0.3) is 5.69 Å². The van der Waals surface area contributed by atoms with Crippen LogP contribution in [0.2, 0.25) is 0 Å². The molecular formula is C21H24N2O6S. The Balaban J connectivity index is 1.74. The maximum absolute atomic E-state index is 13.2. The predicted molar refractivity (Wildman–Crippen MR) is 111 cm³/mol. The first-order chi connectivity index (χ1) is 14.2. The van der Waals surface area contributed by atoms with Crippen LogP contribution in [0.25, 0.3) is 0 Å². The second-order valence-corrected chi connectivity index (χ2v) is 9.51. The van der Waals surface area contributed by atoms with Crippen LogP contribution in [0.5, 0.6) is 0 Å². The minimum Gasteiger partial charge on any atom is -0.460 e. The van der Waals surface area contributed by atoms with Crippen molar-refractivity contribution in [1.29, 1.82) is 0 Å². The van der Waals surface area contributed by atoms with E-state index in [9.17, 15) is 23.3 Å². The van der Waals surface area contributed by atoms with Gasteiger partial charge in [0.2, 0.25) is 10.0 Å². The summed E-state index contributed by atoms with van der Waals surface area (Å²) in [5.41, 5.74) is 1.02. The van der Waals surface area contributed by atoms with E-state index in [4.69, 9.17) is 4.74 Å². The summed E-state index contributed by atoms with van der Waals surface area (Å²) in [6, 6.07) is 11.3. The molecule has 1 aliphatic rings. The van der Waals surface area contributed by atoms with Gasteiger partial charge in [-0.1, -0.05) is 24.6 Å². The van der Waals surface area contributed by atoms with Crippen molar-refractivity contribution in [2.75, 3.05) is 13.2 Å². The third-order valence-corrected chi connectivity index (χ3v) is 7.24. The number of esters is 1. The fourth-order valence-corrected chi connectivity index (χ4v) is 5.15. The molecule has 3 rings (SSSR count). The van der Waals surface area contributed by atoms with E-state index in [-0.39, 0.29) is 22.8 Å². The van der Waals surface area contributed by atoms with Crippen molar-refractivity contribution in [2.24, 2.45) is 5.92 Å². The highest BCUT2D eigenvalue weighted by atomic mass is 32.2. The number of piperidine rings is 1. The average Bonchev–Trinajstić information content (AvgIpc) is 2.72. The number of benzene rings is 2. The monoisotopic (exact) mass is 432 g/mol. The Labute approximate surface area is 175 Å². The van der Waals surface area contributed by atoms with Crippen LogP contribution in [0.15, 0.2) is 53.4 Å². The minimum atomic E-state index is -3.71. The Hall–Kier alpha value is -2.78. The standard InChI is InChI=1S/C21H24N2O6S/c1-15-3-9-20(10-4-15)30(27,28)22-12-11-16(2)13-19(22)14-29-21(24)17-5-7-18(8-6-17)23(25)26/h3-10,16,19H,11-14H2,1-2H3/t16-,19-/m0/s1. The Kier molecular flexibility index (Phi) is 6.52. The van der Waals surface area contributed by atoms with Crippen LogP contribution in [0.4, 0.5) is 5.69 Å². The molecule has 1 aliphatic heterocycles. The van der Waals surface area contributed by atoms with Crippen LogP contribution in [0.3, 0.4) is 0 Å². The second-order valence-electron chi connectivity index (χ2n) is 7.61. The Morgan fingerprint density at radius 3 is 2.40 bits per heavy atom. The van der Waals surface area contributed by atoms with E-state index in [0.29, 0.717) is 18.9 Å². The molecule has 2 aromatic rings. The molecule has 8 nitrogen and oxygen atoms in total. The first-order valence-electron chi connectivity index (χ1n) is 9.68. The summed E-state index contributed by atoms with van der Waals surface area (Å²) in [6.07, 6.45) is 1.32. The summed E-state index contributed by atoms with van der Waals surface area (Å²) in [5.74, 6) is -0.339. The highest BCUT2D eigenvalue weighted by Gasteiger charge is 2.36. The van der Waals surface area contributed by atoms with Gasteiger partial charge in [-0.3, -0.25) is 10.1 Å². The Morgan fingerprint density at radius 1 is 1.17 bits per heavy atom. The number of carbonyl (C=O) groups excluding carboxylic acids is 1. The van der Waals surface area contributed by atoms with Gasteiger partial charge in [-0.25, -0.2) is 13.2 Å². The molecule has 1 saturated heterocycles. The fourth-order valence-electron chi connectivity index (χ4n) is 3.52. The van der Waals surface area contributed by atoms with Gasteiger partial charge in [0.15, 0.2) is 0 Å². The maximum atomic E-state index is 13.2. The lowest BCUT2D eigenvalue weighted by molar-refractivity contribution is -0.384. The third kappa shape index (κ3) is 4.85. The number of non-ortho nitro benzene ring substituents is 1. The molecule has 0 aromatic heterocycles. The van der Waals surface area contributed by atoms with E-state index >= 15 is 0 Å². The summed E-state index contributed by atoms with van der Waals surface area (Å²) in [7, 11) is -3.71. The van der Waals surface area contributed by atoms with Crippen molar-refractivity contribution in [1.82, 2.24) is 4.31 Å². The highest BCUT2D eigenvalue weighted by molar-refractivity contribution is 7.89. The van der Waals surface area contributed by atoms with Crippen LogP contribution < -0.4 is 0 Å². The molecule has 1 fully saturated rings. The maximum Gasteiger partial charge on any atom is 0.338 e. The molecule has 0 unspecified atom stereocenters. The smallest absolute Gasteiger partial charge is 0.338 e. The SMILES string of the molecule is Cc1ccc(S(=O)(=O)N2CC[C@H](C)C[C@H]2COC(=O)c2ccc([N+](=O)[O-])cc2)cc1. The lowest BCUT2D eigenvalue weighted by Crippen LogP contribution is -2.48. The first kappa shape index (κ1) is 21.9. The molecule has 2 atom stereocenters. The van der Waals surface area contributed by atoms with Gasteiger partial charge in [-0.15, -0.1) is 0 Å². The van der Waals surface area contributed by atoms with Crippen molar-refractivity contribution in [3.05, 3.63) is 69.8 Å². The molecule has 1 heterocycles. The molecule has 0 aliphatic carbocycles. The van der Waals surface area contributed by atoms with Crippen molar-refractivity contribution in [3.8, 4) is 0 Å². The topological polar surface area (TPSA) is 107 Å². The molecule has 30 heavy (non-hydrogen) atoms. The molecule has 0 saturated carbocycles. The van der Waals surface area contributed by atoms with Crippen LogP contribution in [-0.2, 0) is 14.8 Å². The number of rotatable bonds is 6. The molecule has 9 heteroatoms. The van der Waals surface area contributed by atoms with Gasteiger partial charge in [0, 0.05) is 18.7 Å². The molecular weight excluding hydrogens is 408 g/mol. The number of hydrogen-bond acceptors (Lipinski definition) is 6. The molecule has 160 valence electrons. The van der Waals surface area contributed by atoms with Crippen LogP contribution in [0.1, 0.15) is 35.7 Å². The number of ether oxygens (including phenoxy) is 1. The predicted octanol–water partition coefficient (Wildman–Crippen LogP) is 3.55. The van der Waals surface area contributed by atoms with E-state index in [1.54, 1.807) is 24.3 Å². The summed E-state index contributed by atoms with van der Waals surface area (Å²) < 4.78 is 33.1. The zero-order valence-corrected chi connectivity index (χ0v) is 17.7. The quantitative estimate of drug-likeness (QED) is 0.392. The van der Waals surface area contributed by atoms with E-state index in [1.165, 1.54) is 28.6 Å². The average molecular weight is 432 g/mol. The molecule has 0 spiro atoms. The Morgan fingerprint density at radius 2 is 1.80 bits per heavy atom. The van der Waals surface area contributed by atoms with Crippen LogP contribution in [-0.4, -0.2) is 42.8 Å². The summed E-state index contributed by atoms with van der Waals surface area (Å²) in [4.78, 5) is 22.8. The van der Waals surface area contributed by atoms with Gasteiger partial charge in [0.1, 0.15) is 6.61 Å². The second kappa shape index (κ2) is 8.93. The molecule has 2 aromatic carbocycles. The Bertz CT molecular complexity index is 1020. The first-order valence-corrected chi connectivity index (χ1v) is 11.1. The summed E-state index contributed by atoms with van der Waals surface area (Å²) in [5, 5.41) is 10.7. The van der Waals surface area contributed by atoms with Crippen molar-refractivity contribution in [2.45, 2.75) is 37.6 Å². The van der Waals surface area contributed by atoms with Gasteiger partial charge >= 0.3 is 5.97 Å². The van der Waals surface area contributed by atoms with E-state index in [2.05, 4.69) is 0 Å². The summed E-state index contributed by atoms with van der Waals surface area (Å²) >= 11 is 0. The molecule has 0 bridgehead atoms. The van der Waals surface area contributed by atoms with Gasteiger partial charge in [0.05, 0.1) is 21.4 Å². The number of nitrogens with zero attached hydrogens (tertiary/aromatic N) is 2. The van der Waals surface area contributed by atoms with Gasteiger partial charge in [-0.05, 0) is 49.9 Å². The van der Waals surface area contributed by atoms with E-state index in [1.807, 2.05) is 13.8 Å². The van der Waals surface area contributed by atoms with Gasteiger partial charge in [-0.2, -0.15) is 4.31 Å². The van der Waals surface area contributed by atoms with Crippen LogP contribution in [0, 0.1) is 23.0 Å². The number of nitro benzene ring substituents is 1. The number of hydrogen-bond donors (Lipinski definition) is 0. The summed E-state index contributed by atoms with van der Waals surface area (Å²) in [6.45, 7) is 4.21. The van der Waals surface area contributed by atoms with Crippen molar-refractivity contribution < 1.29 is 22.9 Å². The van der Waals surface area contributed by atoms with E-state index in [0.717, 1.165) is 12.0 Å². The van der Waals surface area contributed by atoms with Crippen molar-refractivity contribution >= 4 is 21.7 Å². The minimum absolute atomic E-state index is 0.0781. The lowest BCUT2D eigenvalue weighted by atomic mass is 9.95. The zero-order valence-electron chi connectivity index (χ0n) is 16.9. The van der Waals surface area contributed by atoms with Crippen LogP contribution >= 0.6 is 0 Å². The number of aryl methyl sites for hydroxylation is 1. The third-order valence-electron chi connectivity index (χ3n) is 5.27. The lowest BCUT2D eigenvalue weighted by Gasteiger charge is -2.37. The largest absolute Gasteiger partial charge is 0.460 e. The number of nitro groups is 1. The number of sulfonamides is 1. The number of carbonyl (C=O) groups is 1. The van der Waals surface area contributed by atoms with E-state index < -0.39 is 27.0 Å². The normalized spacial score (nSPS) is 19.9. The van der Waals surface area contributed by atoms with Crippen molar-refractivity contribution in [3.63, 3.8) is 0 Å². The fraction of sp³-hybridized carbons (Fsp3) is 0.381. The molecule has 0 radical (unpaired) electrons. The highest BCUT2D eigenvalue weighted by Crippen LogP contribution is 2.29. The molecule has 0 N–H and O–H groups in total.